The second-order valence-corrected chi connectivity index (χ2v) is 6.64. The lowest BCUT2D eigenvalue weighted by atomic mass is 10.1. The smallest absolute Gasteiger partial charge is 0.311 e. The maximum Gasteiger partial charge on any atom is 0.311 e. The number of fused-ring (bicyclic) bond motifs is 1. The number of rotatable bonds is 5. The summed E-state index contributed by atoms with van der Waals surface area (Å²) in [6, 6.07) is 7.10. The molecule has 3 aromatic heterocycles. The highest BCUT2D eigenvalue weighted by molar-refractivity contribution is 6.30. The van der Waals surface area contributed by atoms with Gasteiger partial charge in [-0.2, -0.15) is 0 Å². The Kier molecular flexibility index (Phi) is 4.38. The highest BCUT2D eigenvalue weighted by atomic mass is 35.5. The van der Waals surface area contributed by atoms with Crippen LogP contribution in [-0.2, 0) is 27.5 Å². The summed E-state index contributed by atoms with van der Waals surface area (Å²) in [5, 5.41) is 0.597. The van der Waals surface area contributed by atoms with Crippen molar-refractivity contribution in [3.63, 3.8) is 0 Å². The van der Waals surface area contributed by atoms with Gasteiger partial charge in [-0.3, -0.25) is 9.59 Å². The van der Waals surface area contributed by atoms with E-state index in [4.69, 9.17) is 20.8 Å². The van der Waals surface area contributed by atoms with Gasteiger partial charge in [-0.05, 0) is 24.3 Å². The lowest BCUT2D eigenvalue weighted by Gasteiger charge is -2.14. The number of pyridine rings is 1. The Balaban J connectivity index is 1.35. The molecule has 0 spiro atoms. The van der Waals surface area contributed by atoms with Gasteiger partial charge in [0.15, 0.2) is 0 Å². The fourth-order valence-electron chi connectivity index (χ4n) is 3.02. The van der Waals surface area contributed by atoms with Gasteiger partial charge < -0.3 is 18.5 Å². The SMILES string of the molecule is O=C(OCc1cn2cc(Cl)ccc2n1)C1CC(=O)N(Cc2ccco2)C1. The summed E-state index contributed by atoms with van der Waals surface area (Å²) in [7, 11) is 0. The molecule has 134 valence electrons. The van der Waals surface area contributed by atoms with Crippen LogP contribution in [0.15, 0.2) is 47.3 Å². The fraction of sp³-hybridized carbons (Fsp3) is 0.278. The van der Waals surface area contributed by atoms with E-state index in [0.717, 1.165) is 5.65 Å². The second-order valence-electron chi connectivity index (χ2n) is 6.21. The molecule has 4 heterocycles. The van der Waals surface area contributed by atoms with Crippen molar-refractivity contribution < 1.29 is 18.7 Å². The van der Waals surface area contributed by atoms with Crippen LogP contribution in [0.25, 0.3) is 5.65 Å². The minimum atomic E-state index is -0.469. The quantitative estimate of drug-likeness (QED) is 0.642. The maximum atomic E-state index is 12.3. The molecule has 0 aromatic carbocycles. The molecule has 26 heavy (non-hydrogen) atoms. The summed E-state index contributed by atoms with van der Waals surface area (Å²) in [6.45, 7) is 0.753. The number of hydrogen-bond donors (Lipinski definition) is 0. The highest BCUT2D eigenvalue weighted by Gasteiger charge is 2.35. The number of aromatic nitrogens is 2. The first-order chi connectivity index (χ1) is 12.6. The van der Waals surface area contributed by atoms with Crippen molar-refractivity contribution in [1.29, 1.82) is 0 Å². The van der Waals surface area contributed by atoms with Gasteiger partial charge in [-0.15, -0.1) is 0 Å². The van der Waals surface area contributed by atoms with Crippen LogP contribution >= 0.6 is 11.6 Å². The van der Waals surface area contributed by atoms with Crippen LogP contribution in [0, 0.1) is 5.92 Å². The number of carbonyl (C=O) groups excluding carboxylic acids is 2. The van der Waals surface area contributed by atoms with Crippen LogP contribution in [0.4, 0.5) is 0 Å². The molecule has 0 bridgehead atoms. The monoisotopic (exact) mass is 373 g/mol. The number of carbonyl (C=O) groups is 2. The number of nitrogens with zero attached hydrogens (tertiary/aromatic N) is 3. The molecule has 1 aliphatic rings. The molecule has 4 rings (SSSR count). The van der Waals surface area contributed by atoms with Crippen molar-refractivity contribution in [2.75, 3.05) is 6.54 Å². The second kappa shape index (κ2) is 6.84. The molecule has 1 saturated heterocycles. The molecule has 0 N–H and O–H groups in total. The van der Waals surface area contributed by atoms with E-state index >= 15 is 0 Å². The van der Waals surface area contributed by atoms with Crippen molar-refractivity contribution in [2.45, 2.75) is 19.6 Å². The Hall–Kier alpha value is -2.80. The van der Waals surface area contributed by atoms with Gasteiger partial charge in [0.25, 0.3) is 0 Å². The molecular weight excluding hydrogens is 358 g/mol. The zero-order valence-electron chi connectivity index (χ0n) is 13.8. The molecule has 0 radical (unpaired) electrons. The van der Waals surface area contributed by atoms with Crippen LogP contribution < -0.4 is 0 Å². The molecule has 1 fully saturated rings. The van der Waals surface area contributed by atoms with Crippen LogP contribution in [0.3, 0.4) is 0 Å². The minimum Gasteiger partial charge on any atom is -0.467 e. The van der Waals surface area contributed by atoms with Crippen LogP contribution in [-0.4, -0.2) is 32.7 Å². The number of furan rings is 1. The molecule has 8 heteroatoms. The molecule has 0 aliphatic carbocycles. The summed E-state index contributed by atoms with van der Waals surface area (Å²) >= 11 is 5.94. The van der Waals surface area contributed by atoms with Crippen LogP contribution in [0.1, 0.15) is 17.9 Å². The molecule has 1 unspecified atom stereocenters. The first kappa shape index (κ1) is 16.7. The summed E-state index contributed by atoms with van der Waals surface area (Å²) in [4.78, 5) is 30.4. The molecule has 7 nitrogen and oxygen atoms in total. The Morgan fingerprint density at radius 3 is 3.04 bits per heavy atom. The third kappa shape index (κ3) is 3.43. The zero-order chi connectivity index (χ0) is 18.1. The normalized spacial score (nSPS) is 17.2. The summed E-state index contributed by atoms with van der Waals surface area (Å²) < 4.78 is 12.4. The van der Waals surface area contributed by atoms with E-state index in [9.17, 15) is 9.59 Å². The minimum absolute atomic E-state index is 0.0566. The number of amides is 1. The van der Waals surface area contributed by atoms with Gasteiger partial charge >= 0.3 is 5.97 Å². The van der Waals surface area contributed by atoms with Crippen LogP contribution in [0.5, 0.6) is 0 Å². The largest absolute Gasteiger partial charge is 0.467 e. The van der Waals surface area contributed by atoms with Crippen molar-refractivity contribution >= 4 is 29.1 Å². The van der Waals surface area contributed by atoms with E-state index in [1.165, 1.54) is 0 Å². The Bertz CT molecular complexity index is 951. The topological polar surface area (TPSA) is 77.1 Å². The summed E-state index contributed by atoms with van der Waals surface area (Å²) in [5.74, 6) is -0.249. The molecule has 0 saturated carbocycles. The third-order valence-electron chi connectivity index (χ3n) is 4.30. The van der Waals surface area contributed by atoms with Crippen molar-refractivity contribution in [3.8, 4) is 0 Å². The summed E-state index contributed by atoms with van der Waals surface area (Å²) in [5.41, 5.74) is 1.35. The van der Waals surface area contributed by atoms with E-state index in [0.29, 0.717) is 29.6 Å². The predicted molar refractivity (Wildman–Crippen MR) is 92.2 cm³/mol. The number of imidazole rings is 1. The zero-order valence-corrected chi connectivity index (χ0v) is 14.6. The molecule has 1 aliphatic heterocycles. The van der Waals surface area contributed by atoms with Gasteiger partial charge in [-0.1, -0.05) is 11.6 Å². The molecular formula is C18H16ClN3O4. The average molecular weight is 374 g/mol. The van der Waals surface area contributed by atoms with E-state index in [2.05, 4.69) is 4.98 Å². The van der Waals surface area contributed by atoms with Crippen molar-refractivity contribution in [2.24, 2.45) is 5.92 Å². The molecule has 3 aromatic rings. The fourth-order valence-corrected chi connectivity index (χ4v) is 3.19. The Labute approximate surface area is 154 Å². The number of ether oxygens (including phenoxy) is 1. The van der Waals surface area contributed by atoms with Gasteiger partial charge in [0.2, 0.25) is 5.91 Å². The first-order valence-electron chi connectivity index (χ1n) is 8.18. The van der Waals surface area contributed by atoms with E-state index < -0.39 is 11.9 Å². The third-order valence-corrected chi connectivity index (χ3v) is 4.53. The van der Waals surface area contributed by atoms with E-state index in [-0.39, 0.29) is 18.9 Å². The molecule has 1 atom stereocenters. The first-order valence-corrected chi connectivity index (χ1v) is 8.56. The standard InChI is InChI=1S/C18H16ClN3O4/c19-13-3-4-16-20-14(9-21(16)8-13)11-26-18(24)12-6-17(23)22(7-12)10-15-2-1-5-25-15/h1-5,8-9,12H,6-7,10-11H2. The van der Waals surface area contributed by atoms with E-state index in [1.54, 1.807) is 52.2 Å². The number of hydrogen-bond acceptors (Lipinski definition) is 5. The van der Waals surface area contributed by atoms with Gasteiger partial charge in [-0.25, -0.2) is 4.98 Å². The van der Waals surface area contributed by atoms with Crippen molar-refractivity contribution in [1.82, 2.24) is 14.3 Å². The molecule has 1 amide bonds. The Morgan fingerprint density at radius 1 is 1.35 bits per heavy atom. The van der Waals surface area contributed by atoms with Crippen LogP contribution in [0.2, 0.25) is 5.02 Å². The van der Waals surface area contributed by atoms with Crippen molar-refractivity contribution in [3.05, 3.63) is 59.4 Å². The number of halogens is 1. The lowest BCUT2D eigenvalue weighted by molar-refractivity contribution is -0.149. The van der Waals surface area contributed by atoms with E-state index in [1.807, 2.05) is 0 Å². The predicted octanol–water partition coefficient (Wildman–Crippen LogP) is 2.67. The van der Waals surface area contributed by atoms with Gasteiger partial charge in [0.1, 0.15) is 18.0 Å². The van der Waals surface area contributed by atoms with Gasteiger partial charge in [0.05, 0.1) is 29.4 Å². The summed E-state index contributed by atoms with van der Waals surface area (Å²) in [6.07, 6.45) is 5.21. The number of esters is 1. The Morgan fingerprint density at radius 2 is 2.23 bits per heavy atom. The lowest BCUT2D eigenvalue weighted by Crippen LogP contribution is -2.26. The average Bonchev–Trinajstić information content (AvgIpc) is 3.33. The van der Waals surface area contributed by atoms with Gasteiger partial charge in [0, 0.05) is 25.4 Å². The highest BCUT2D eigenvalue weighted by Crippen LogP contribution is 2.22. The maximum absolute atomic E-state index is 12.3. The number of likely N-dealkylation sites (tertiary alicyclic amines) is 1.